The lowest BCUT2D eigenvalue weighted by Crippen LogP contribution is -2.28. The SMILES string of the molecule is CN(C)CCCNC(=O)c1nn(C)cc1I. The molecule has 16 heavy (non-hydrogen) atoms. The Bertz CT molecular complexity index is 362. The van der Waals surface area contributed by atoms with Crippen molar-refractivity contribution >= 4 is 28.5 Å². The summed E-state index contributed by atoms with van der Waals surface area (Å²) in [7, 11) is 5.85. The fourth-order valence-electron chi connectivity index (χ4n) is 1.29. The van der Waals surface area contributed by atoms with Crippen molar-refractivity contribution < 1.29 is 4.79 Å². The normalized spacial score (nSPS) is 10.8. The number of aryl methyl sites for hydroxylation is 1. The molecule has 1 rings (SSSR count). The monoisotopic (exact) mass is 336 g/mol. The number of nitrogens with zero attached hydrogens (tertiary/aromatic N) is 3. The summed E-state index contributed by atoms with van der Waals surface area (Å²) in [5, 5.41) is 6.97. The van der Waals surface area contributed by atoms with Gasteiger partial charge in [0, 0.05) is 19.8 Å². The number of rotatable bonds is 5. The zero-order valence-corrected chi connectivity index (χ0v) is 12.0. The summed E-state index contributed by atoms with van der Waals surface area (Å²) in [4.78, 5) is 13.8. The third-order valence-corrected chi connectivity index (χ3v) is 2.86. The van der Waals surface area contributed by atoms with Crippen molar-refractivity contribution in [2.24, 2.45) is 7.05 Å². The van der Waals surface area contributed by atoms with E-state index >= 15 is 0 Å². The molecule has 90 valence electrons. The van der Waals surface area contributed by atoms with E-state index in [9.17, 15) is 4.79 Å². The molecule has 6 heteroatoms. The van der Waals surface area contributed by atoms with E-state index in [1.54, 1.807) is 4.68 Å². The topological polar surface area (TPSA) is 50.2 Å². The van der Waals surface area contributed by atoms with Crippen LogP contribution >= 0.6 is 22.6 Å². The zero-order valence-electron chi connectivity index (χ0n) is 9.83. The maximum atomic E-state index is 11.7. The van der Waals surface area contributed by atoms with Crippen LogP contribution in [-0.4, -0.2) is 47.8 Å². The molecule has 0 aromatic carbocycles. The van der Waals surface area contributed by atoms with Gasteiger partial charge in [-0.2, -0.15) is 5.10 Å². The molecule has 1 heterocycles. The molecule has 1 amide bonds. The maximum Gasteiger partial charge on any atom is 0.272 e. The minimum absolute atomic E-state index is 0.0937. The van der Waals surface area contributed by atoms with Crippen molar-refractivity contribution in [1.29, 1.82) is 0 Å². The highest BCUT2D eigenvalue weighted by atomic mass is 127. The number of aromatic nitrogens is 2. The van der Waals surface area contributed by atoms with Crippen LogP contribution in [0.5, 0.6) is 0 Å². The summed E-state index contributed by atoms with van der Waals surface area (Å²) in [5.41, 5.74) is 0.507. The Morgan fingerprint density at radius 3 is 2.81 bits per heavy atom. The number of nitrogens with one attached hydrogen (secondary N) is 1. The standard InChI is InChI=1S/C10H17IN4O/c1-14(2)6-4-5-12-10(16)9-8(11)7-15(3)13-9/h7H,4-6H2,1-3H3,(H,12,16). The van der Waals surface area contributed by atoms with E-state index in [2.05, 4.69) is 37.9 Å². The molecule has 0 atom stereocenters. The highest BCUT2D eigenvalue weighted by molar-refractivity contribution is 14.1. The number of amides is 1. The Morgan fingerprint density at radius 1 is 1.62 bits per heavy atom. The number of carbonyl (C=O) groups is 1. The van der Waals surface area contributed by atoms with Crippen LogP contribution in [0.3, 0.4) is 0 Å². The van der Waals surface area contributed by atoms with Gasteiger partial charge in [-0.15, -0.1) is 0 Å². The molecule has 1 N–H and O–H groups in total. The quantitative estimate of drug-likeness (QED) is 0.636. The van der Waals surface area contributed by atoms with Crippen molar-refractivity contribution in [2.75, 3.05) is 27.2 Å². The molecule has 0 unspecified atom stereocenters. The number of carbonyl (C=O) groups excluding carboxylic acids is 1. The summed E-state index contributed by atoms with van der Waals surface area (Å²) in [6, 6.07) is 0. The Morgan fingerprint density at radius 2 is 2.31 bits per heavy atom. The highest BCUT2D eigenvalue weighted by Gasteiger charge is 2.13. The van der Waals surface area contributed by atoms with E-state index < -0.39 is 0 Å². The summed E-state index contributed by atoms with van der Waals surface area (Å²) < 4.78 is 2.53. The molecule has 0 saturated heterocycles. The summed E-state index contributed by atoms with van der Waals surface area (Å²) in [6.07, 6.45) is 2.78. The Labute approximate surface area is 109 Å². The first-order valence-electron chi connectivity index (χ1n) is 5.13. The predicted molar refractivity (Wildman–Crippen MR) is 71.4 cm³/mol. The van der Waals surface area contributed by atoms with Crippen LogP contribution in [0.15, 0.2) is 6.20 Å². The van der Waals surface area contributed by atoms with E-state index in [1.165, 1.54) is 0 Å². The van der Waals surface area contributed by atoms with Crippen molar-refractivity contribution in [3.05, 3.63) is 15.5 Å². The minimum atomic E-state index is -0.0937. The summed E-state index contributed by atoms with van der Waals surface area (Å²) in [5.74, 6) is -0.0937. The Hall–Kier alpha value is -0.630. The Balaban J connectivity index is 2.38. The van der Waals surface area contributed by atoms with E-state index in [0.717, 1.165) is 16.5 Å². The lowest BCUT2D eigenvalue weighted by atomic mass is 10.3. The van der Waals surface area contributed by atoms with Gasteiger partial charge < -0.3 is 10.2 Å². The number of hydrogen-bond donors (Lipinski definition) is 1. The van der Waals surface area contributed by atoms with Crippen molar-refractivity contribution in [1.82, 2.24) is 20.0 Å². The Kier molecular flexibility index (Phi) is 5.20. The summed E-state index contributed by atoms with van der Waals surface area (Å²) in [6.45, 7) is 1.66. The van der Waals surface area contributed by atoms with Crippen LogP contribution in [0.4, 0.5) is 0 Å². The van der Waals surface area contributed by atoms with E-state index in [4.69, 9.17) is 0 Å². The molecular weight excluding hydrogens is 319 g/mol. The average molecular weight is 336 g/mol. The maximum absolute atomic E-state index is 11.7. The molecule has 0 bridgehead atoms. The summed E-state index contributed by atoms with van der Waals surface area (Å²) >= 11 is 2.12. The second kappa shape index (κ2) is 6.19. The van der Waals surface area contributed by atoms with E-state index in [1.807, 2.05) is 27.3 Å². The van der Waals surface area contributed by atoms with Crippen LogP contribution in [0.2, 0.25) is 0 Å². The van der Waals surface area contributed by atoms with Gasteiger partial charge in [-0.3, -0.25) is 9.48 Å². The first kappa shape index (κ1) is 13.4. The lowest BCUT2D eigenvalue weighted by Gasteiger charge is -2.09. The molecule has 0 saturated carbocycles. The molecule has 0 radical (unpaired) electrons. The first-order chi connectivity index (χ1) is 7.50. The molecule has 0 aliphatic heterocycles. The van der Waals surface area contributed by atoms with E-state index in [-0.39, 0.29) is 5.91 Å². The average Bonchev–Trinajstić information content (AvgIpc) is 2.52. The van der Waals surface area contributed by atoms with Crippen LogP contribution in [0, 0.1) is 3.57 Å². The molecule has 0 spiro atoms. The zero-order chi connectivity index (χ0) is 12.1. The van der Waals surface area contributed by atoms with Crippen LogP contribution in [0.25, 0.3) is 0 Å². The first-order valence-corrected chi connectivity index (χ1v) is 6.20. The molecule has 5 nitrogen and oxygen atoms in total. The van der Waals surface area contributed by atoms with Crippen molar-refractivity contribution in [2.45, 2.75) is 6.42 Å². The number of halogens is 1. The minimum Gasteiger partial charge on any atom is -0.351 e. The third kappa shape index (κ3) is 4.09. The smallest absolute Gasteiger partial charge is 0.272 e. The van der Waals surface area contributed by atoms with Gasteiger partial charge in [-0.25, -0.2) is 0 Å². The van der Waals surface area contributed by atoms with Gasteiger partial charge in [0.05, 0.1) is 3.57 Å². The molecule has 0 aliphatic rings. The number of hydrogen-bond acceptors (Lipinski definition) is 3. The van der Waals surface area contributed by atoms with Gasteiger partial charge in [0.1, 0.15) is 0 Å². The second-order valence-corrected chi connectivity index (χ2v) is 5.07. The van der Waals surface area contributed by atoms with Gasteiger partial charge in [-0.05, 0) is 49.7 Å². The largest absolute Gasteiger partial charge is 0.351 e. The third-order valence-electron chi connectivity index (χ3n) is 2.07. The molecular formula is C10H17IN4O. The molecule has 0 aliphatic carbocycles. The van der Waals surface area contributed by atoms with Gasteiger partial charge in [0.2, 0.25) is 0 Å². The second-order valence-electron chi connectivity index (χ2n) is 3.91. The van der Waals surface area contributed by atoms with Crippen molar-refractivity contribution in [3.63, 3.8) is 0 Å². The molecule has 1 aromatic heterocycles. The molecule has 1 aromatic rings. The van der Waals surface area contributed by atoms with Gasteiger partial charge in [0.25, 0.3) is 5.91 Å². The molecule has 0 fully saturated rings. The fourth-order valence-corrected chi connectivity index (χ4v) is 2.05. The van der Waals surface area contributed by atoms with Crippen LogP contribution < -0.4 is 5.32 Å². The highest BCUT2D eigenvalue weighted by Crippen LogP contribution is 2.08. The van der Waals surface area contributed by atoms with Crippen LogP contribution in [-0.2, 0) is 7.05 Å². The lowest BCUT2D eigenvalue weighted by molar-refractivity contribution is 0.0945. The van der Waals surface area contributed by atoms with Gasteiger partial charge in [-0.1, -0.05) is 0 Å². The van der Waals surface area contributed by atoms with Crippen LogP contribution in [0.1, 0.15) is 16.9 Å². The van der Waals surface area contributed by atoms with E-state index in [0.29, 0.717) is 12.2 Å². The van der Waals surface area contributed by atoms with Gasteiger partial charge >= 0.3 is 0 Å². The van der Waals surface area contributed by atoms with Crippen molar-refractivity contribution in [3.8, 4) is 0 Å². The predicted octanol–water partition coefficient (Wildman–Crippen LogP) is 0.706. The van der Waals surface area contributed by atoms with Gasteiger partial charge in [0.15, 0.2) is 5.69 Å². The fraction of sp³-hybridized carbons (Fsp3) is 0.600.